The molecule has 1 unspecified atom stereocenters. The van der Waals surface area contributed by atoms with E-state index in [0.717, 1.165) is 19.3 Å². The Kier molecular flexibility index (Phi) is 3.98. The van der Waals surface area contributed by atoms with Crippen LogP contribution in [-0.4, -0.2) is 11.9 Å². The lowest BCUT2D eigenvalue weighted by atomic mass is 9.87. The summed E-state index contributed by atoms with van der Waals surface area (Å²) in [6.45, 7) is 4.33. The highest BCUT2D eigenvalue weighted by atomic mass is 35.5. The normalized spacial score (nSPS) is 21.4. The van der Waals surface area contributed by atoms with Crippen LogP contribution >= 0.6 is 23.2 Å². The number of hydrogen-bond donors (Lipinski definition) is 2. The van der Waals surface area contributed by atoms with Crippen LogP contribution in [0.25, 0.3) is 0 Å². The van der Waals surface area contributed by atoms with Gasteiger partial charge in [-0.3, -0.25) is 4.79 Å². The van der Waals surface area contributed by atoms with E-state index in [-0.39, 0.29) is 22.4 Å². The molecule has 1 amide bonds. The van der Waals surface area contributed by atoms with Gasteiger partial charge in [0.1, 0.15) is 0 Å². The van der Waals surface area contributed by atoms with Crippen molar-refractivity contribution in [2.24, 2.45) is 5.41 Å². The van der Waals surface area contributed by atoms with E-state index in [1.165, 1.54) is 0 Å². The number of nitrogens with one attached hydrogen (secondary N) is 1. The maximum atomic E-state index is 12.3. The zero-order chi connectivity index (χ0) is 14.2. The second-order valence-electron chi connectivity index (χ2n) is 5.77. The van der Waals surface area contributed by atoms with Gasteiger partial charge in [-0.2, -0.15) is 0 Å². The van der Waals surface area contributed by atoms with Gasteiger partial charge in [0.25, 0.3) is 5.91 Å². The summed E-state index contributed by atoms with van der Waals surface area (Å²) in [5.41, 5.74) is 6.60. The molecule has 19 heavy (non-hydrogen) atoms. The van der Waals surface area contributed by atoms with Crippen molar-refractivity contribution >= 4 is 34.8 Å². The van der Waals surface area contributed by atoms with Gasteiger partial charge in [-0.25, -0.2) is 0 Å². The van der Waals surface area contributed by atoms with E-state index in [2.05, 4.69) is 19.2 Å². The monoisotopic (exact) mass is 300 g/mol. The molecule has 3 N–H and O–H groups in total. The summed E-state index contributed by atoms with van der Waals surface area (Å²) >= 11 is 12.0. The minimum absolute atomic E-state index is 0.117. The van der Waals surface area contributed by atoms with Gasteiger partial charge in [0.15, 0.2) is 0 Å². The second-order valence-corrected chi connectivity index (χ2v) is 6.56. The van der Waals surface area contributed by atoms with Crippen LogP contribution in [0, 0.1) is 5.41 Å². The van der Waals surface area contributed by atoms with Crippen LogP contribution in [-0.2, 0) is 0 Å². The van der Waals surface area contributed by atoms with E-state index in [9.17, 15) is 4.79 Å². The molecule has 1 fully saturated rings. The van der Waals surface area contributed by atoms with Gasteiger partial charge >= 0.3 is 0 Å². The molecule has 1 aromatic carbocycles. The molecule has 5 heteroatoms. The Labute approximate surface area is 123 Å². The first-order chi connectivity index (χ1) is 8.81. The lowest BCUT2D eigenvalue weighted by Crippen LogP contribution is -2.41. The summed E-state index contributed by atoms with van der Waals surface area (Å²) in [5, 5.41) is 3.60. The number of benzene rings is 1. The number of rotatable bonds is 2. The third kappa shape index (κ3) is 2.98. The molecule has 3 nitrogen and oxygen atoms in total. The van der Waals surface area contributed by atoms with E-state index in [1.807, 2.05) is 0 Å². The minimum atomic E-state index is -0.209. The summed E-state index contributed by atoms with van der Waals surface area (Å²) in [6, 6.07) is 3.27. The average Bonchev–Trinajstić information content (AvgIpc) is 2.63. The van der Waals surface area contributed by atoms with Crippen molar-refractivity contribution in [2.45, 2.75) is 39.2 Å². The van der Waals surface area contributed by atoms with Crippen molar-refractivity contribution in [2.75, 3.05) is 5.73 Å². The minimum Gasteiger partial charge on any atom is -0.399 e. The standard InChI is InChI=1S/C14H18Cl2N2O/c1-14(2)5-3-4-11(14)18-13(19)9-6-8(17)7-10(15)12(9)16/h6-7,11H,3-5,17H2,1-2H3,(H,18,19). The van der Waals surface area contributed by atoms with Crippen LogP contribution in [0.5, 0.6) is 0 Å². The van der Waals surface area contributed by atoms with Gasteiger partial charge in [0.05, 0.1) is 15.6 Å². The molecule has 0 aromatic heterocycles. The third-order valence-electron chi connectivity index (χ3n) is 3.86. The largest absolute Gasteiger partial charge is 0.399 e. The van der Waals surface area contributed by atoms with Crippen LogP contribution in [0.1, 0.15) is 43.5 Å². The summed E-state index contributed by atoms with van der Waals surface area (Å²) in [4.78, 5) is 12.3. The number of nitrogens with two attached hydrogens (primary N) is 1. The molecule has 0 heterocycles. The van der Waals surface area contributed by atoms with Crippen molar-refractivity contribution in [1.29, 1.82) is 0 Å². The Hall–Kier alpha value is -0.930. The Morgan fingerprint density at radius 1 is 1.42 bits per heavy atom. The van der Waals surface area contributed by atoms with Crippen LogP contribution in [0.2, 0.25) is 10.0 Å². The first kappa shape index (κ1) is 14.5. The third-order valence-corrected chi connectivity index (χ3v) is 4.66. The molecule has 2 rings (SSSR count). The molecule has 0 bridgehead atoms. The van der Waals surface area contributed by atoms with Gasteiger partial charge in [0.2, 0.25) is 0 Å². The molecular formula is C14H18Cl2N2O. The number of nitrogen functional groups attached to an aromatic ring is 1. The molecule has 1 aromatic rings. The summed E-state index contributed by atoms with van der Waals surface area (Å²) < 4.78 is 0. The van der Waals surface area contributed by atoms with E-state index < -0.39 is 0 Å². The first-order valence-corrected chi connectivity index (χ1v) is 7.12. The van der Waals surface area contributed by atoms with E-state index >= 15 is 0 Å². The summed E-state index contributed by atoms with van der Waals surface area (Å²) in [6.07, 6.45) is 3.24. The fourth-order valence-electron chi connectivity index (χ4n) is 2.61. The highest BCUT2D eigenvalue weighted by molar-refractivity contribution is 6.44. The number of carbonyl (C=O) groups is 1. The number of amides is 1. The molecule has 0 radical (unpaired) electrons. The highest BCUT2D eigenvalue weighted by Crippen LogP contribution is 2.37. The van der Waals surface area contributed by atoms with Gasteiger partial charge in [-0.15, -0.1) is 0 Å². The number of anilines is 1. The molecule has 1 aliphatic rings. The van der Waals surface area contributed by atoms with E-state index in [0.29, 0.717) is 16.3 Å². The molecule has 1 saturated carbocycles. The smallest absolute Gasteiger partial charge is 0.253 e. The fourth-order valence-corrected chi connectivity index (χ4v) is 3.03. The van der Waals surface area contributed by atoms with Crippen molar-refractivity contribution < 1.29 is 4.79 Å². The Morgan fingerprint density at radius 2 is 2.11 bits per heavy atom. The van der Waals surface area contributed by atoms with Crippen LogP contribution in [0.3, 0.4) is 0 Å². The lowest BCUT2D eigenvalue weighted by Gasteiger charge is -2.28. The van der Waals surface area contributed by atoms with Crippen molar-refractivity contribution in [1.82, 2.24) is 5.32 Å². The maximum absolute atomic E-state index is 12.3. The molecule has 0 saturated heterocycles. The van der Waals surface area contributed by atoms with Crippen molar-refractivity contribution in [3.8, 4) is 0 Å². The number of halogens is 2. The molecular weight excluding hydrogens is 283 g/mol. The molecule has 0 spiro atoms. The zero-order valence-corrected chi connectivity index (χ0v) is 12.6. The fraction of sp³-hybridized carbons (Fsp3) is 0.500. The Morgan fingerprint density at radius 3 is 2.68 bits per heavy atom. The highest BCUT2D eigenvalue weighted by Gasteiger charge is 2.35. The summed E-state index contributed by atoms with van der Waals surface area (Å²) in [5.74, 6) is -0.209. The van der Waals surface area contributed by atoms with Gasteiger partial charge in [-0.1, -0.05) is 43.5 Å². The van der Waals surface area contributed by atoms with E-state index in [1.54, 1.807) is 12.1 Å². The number of hydrogen-bond acceptors (Lipinski definition) is 2. The van der Waals surface area contributed by atoms with E-state index in [4.69, 9.17) is 28.9 Å². The van der Waals surface area contributed by atoms with Crippen LogP contribution in [0.4, 0.5) is 5.69 Å². The average molecular weight is 301 g/mol. The first-order valence-electron chi connectivity index (χ1n) is 6.36. The molecule has 0 aliphatic heterocycles. The topological polar surface area (TPSA) is 55.1 Å². The molecule has 1 atom stereocenters. The van der Waals surface area contributed by atoms with Gasteiger partial charge in [0, 0.05) is 11.7 Å². The lowest BCUT2D eigenvalue weighted by molar-refractivity contribution is 0.0910. The summed E-state index contributed by atoms with van der Waals surface area (Å²) in [7, 11) is 0. The number of carbonyl (C=O) groups excluding carboxylic acids is 1. The van der Waals surface area contributed by atoms with Crippen molar-refractivity contribution in [3.05, 3.63) is 27.7 Å². The van der Waals surface area contributed by atoms with Gasteiger partial charge < -0.3 is 11.1 Å². The Bertz CT molecular complexity index is 514. The second kappa shape index (κ2) is 5.22. The van der Waals surface area contributed by atoms with Gasteiger partial charge in [-0.05, 0) is 30.4 Å². The maximum Gasteiger partial charge on any atom is 0.253 e. The predicted octanol–water partition coefficient (Wildman–Crippen LogP) is 3.88. The van der Waals surface area contributed by atoms with Crippen LogP contribution in [0.15, 0.2) is 12.1 Å². The van der Waals surface area contributed by atoms with Crippen LogP contribution < -0.4 is 11.1 Å². The van der Waals surface area contributed by atoms with Crippen molar-refractivity contribution in [3.63, 3.8) is 0 Å². The Balaban J connectivity index is 2.21. The quantitative estimate of drug-likeness (QED) is 0.814. The molecule has 104 valence electrons. The predicted molar refractivity (Wildman–Crippen MR) is 79.8 cm³/mol. The SMILES string of the molecule is CC1(C)CCCC1NC(=O)c1cc(N)cc(Cl)c1Cl. The zero-order valence-electron chi connectivity index (χ0n) is 11.1. The molecule has 1 aliphatic carbocycles.